The normalized spacial score (nSPS) is 11.6. The Morgan fingerprint density at radius 2 is 2.00 bits per heavy atom. The fourth-order valence-electron chi connectivity index (χ4n) is 4.29. The Kier molecular flexibility index (Phi) is 5.63. The monoisotopic (exact) mass is 454 g/mol. The summed E-state index contributed by atoms with van der Waals surface area (Å²) in [5.74, 6) is -0.493. The third kappa shape index (κ3) is 4.05. The van der Waals surface area contributed by atoms with Crippen molar-refractivity contribution in [2.75, 3.05) is 7.05 Å². The summed E-state index contributed by atoms with van der Waals surface area (Å²) in [5.41, 5.74) is 5.94. The molecule has 8 heteroatoms. The number of nitrogens with one attached hydrogen (secondary N) is 1. The number of fused-ring (bicyclic) bond motifs is 2. The molecule has 5 rings (SSSR count). The lowest BCUT2D eigenvalue weighted by molar-refractivity contribution is 0.111. The van der Waals surface area contributed by atoms with Crippen molar-refractivity contribution in [3.63, 3.8) is 0 Å². The van der Waals surface area contributed by atoms with Gasteiger partial charge in [0.25, 0.3) is 0 Å². The Labute approximate surface area is 195 Å². The number of pyridine rings is 1. The van der Waals surface area contributed by atoms with Crippen molar-refractivity contribution in [2.24, 2.45) is 12.1 Å². The second-order valence-corrected chi connectivity index (χ2v) is 8.26. The highest BCUT2D eigenvalue weighted by atomic mass is 19.1. The molecule has 34 heavy (non-hydrogen) atoms. The average Bonchev–Trinajstić information content (AvgIpc) is 3.41. The molecule has 0 radical (unpaired) electrons. The maximum Gasteiger partial charge on any atom is 0.213 e. The summed E-state index contributed by atoms with van der Waals surface area (Å²) in [4.78, 5) is 15.9. The Hall–Kier alpha value is -4.33. The summed E-state index contributed by atoms with van der Waals surface area (Å²) in [6.45, 7) is 0.597. The number of aromatic nitrogens is 4. The minimum atomic E-state index is -0.493. The molecule has 0 spiro atoms. The van der Waals surface area contributed by atoms with Crippen LogP contribution in [0.15, 0.2) is 65.9 Å². The van der Waals surface area contributed by atoms with Gasteiger partial charge < -0.3 is 4.57 Å². The van der Waals surface area contributed by atoms with E-state index in [1.54, 1.807) is 18.3 Å². The highest BCUT2D eigenvalue weighted by Gasteiger charge is 2.14. The zero-order chi connectivity index (χ0) is 23.7. The van der Waals surface area contributed by atoms with Gasteiger partial charge >= 0.3 is 0 Å². The minimum Gasteiger partial charge on any atom is -0.341 e. The van der Waals surface area contributed by atoms with E-state index in [1.165, 1.54) is 6.07 Å². The van der Waals surface area contributed by atoms with E-state index in [-0.39, 0.29) is 0 Å². The maximum atomic E-state index is 13.5. The lowest BCUT2D eigenvalue weighted by Gasteiger charge is -2.13. The second-order valence-electron chi connectivity index (χ2n) is 8.26. The average molecular weight is 455 g/mol. The standard InChI is InChI=1S/C26H23FN6O/c1-32(15-18-5-3-7-23-21(18)13-28-31-23)29-14-22-20-10-9-17(11-19-6-4-8-26(27)30-19)12-24(20)33(2)25(22)16-34/h3-10,12-14,16H,11,15H2,1-2H3,(H,28,31)/b29-14-. The first kappa shape index (κ1) is 21.5. The summed E-state index contributed by atoms with van der Waals surface area (Å²) >= 11 is 0. The molecule has 0 atom stereocenters. The number of halogens is 1. The fourth-order valence-corrected chi connectivity index (χ4v) is 4.29. The third-order valence-corrected chi connectivity index (χ3v) is 5.98. The highest BCUT2D eigenvalue weighted by Crippen LogP contribution is 2.26. The van der Waals surface area contributed by atoms with Crippen molar-refractivity contribution >= 4 is 34.3 Å². The van der Waals surface area contributed by atoms with Crippen LogP contribution in [0.5, 0.6) is 0 Å². The van der Waals surface area contributed by atoms with Crippen molar-refractivity contribution in [1.82, 2.24) is 24.8 Å². The molecular weight excluding hydrogens is 431 g/mol. The van der Waals surface area contributed by atoms with E-state index in [4.69, 9.17) is 0 Å². The van der Waals surface area contributed by atoms with Crippen LogP contribution < -0.4 is 0 Å². The quantitative estimate of drug-likeness (QED) is 0.170. The molecule has 170 valence electrons. The van der Waals surface area contributed by atoms with Crippen molar-refractivity contribution in [2.45, 2.75) is 13.0 Å². The highest BCUT2D eigenvalue weighted by molar-refractivity contribution is 6.06. The largest absolute Gasteiger partial charge is 0.341 e. The Morgan fingerprint density at radius 3 is 2.82 bits per heavy atom. The van der Waals surface area contributed by atoms with E-state index < -0.39 is 5.95 Å². The van der Waals surface area contributed by atoms with E-state index in [0.29, 0.717) is 24.4 Å². The van der Waals surface area contributed by atoms with Gasteiger partial charge in [-0.2, -0.15) is 14.6 Å². The molecule has 3 aromatic heterocycles. The number of aromatic amines is 1. The SMILES string of the molecule is CN(Cc1cccc2[nH]ncc12)/N=C\c1c(C=O)n(C)c2cc(Cc3cccc(F)n3)ccc12. The summed E-state index contributed by atoms with van der Waals surface area (Å²) < 4.78 is 15.3. The molecule has 0 saturated carbocycles. The molecule has 2 aromatic carbocycles. The third-order valence-electron chi connectivity index (χ3n) is 5.98. The molecule has 0 saturated heterocycles. The number of H-pyrrole nitrogens is 1. The van der Waals surface area contributed by atoms with Gasteiger partial charge in [0.05, 0.1) is 30.2 Å². The molecule has 5 aromatic rings. The Balaban J connectivity index is 1.43. The van der Waals surface area contributed by atoms with Crippen LogP contribution in [0.3, 0.4) is 0 Å². The van der Waals surface area contributed by atoms with Crippen LogP contribution in [0.1, 0.15) is 32.9 Å². The molecule has 0 aliphatic heterocycles. The number of benzene rings is 2. The number of rotatable bonds is 7. The number of carbonyl (C=O) groups excluding carboxylic acids is 1. The van der Waals surface area contributed by atoms with Crippen LogP contribution in [0.4, 0.5) is 4.39 Å². The first-order valence-electron chi connectivity index (χ1n) is 10.9. The summed E-state index contributed by atoms with van der Waals surface area (Å²) in [7, 11) is 3.75. The molecule has 0 amide bonds. The predicted molar refractivity (Wildman–Crippen MR) is 130 cm³/mol. The number of aryl methyl sites for hydroxylation is 1. The van der Waals surface area contributed by atoms with E-state index in [1.807, 2.05) is 66.3 Å². The number of aldehydes is 1. The first-order chi connectivity index (χ1) is 16.5. The number of carbonyl (C=O) groups is 1. The van der Waals surface area contributed by atoms with Crippen molar-refractivity contribution in [1.29, 1.82) is 0 Å². The van der Waals surface area contributed by atoms with Crippen molar-refractivity contribution < 1.29 is 9.18 Å². The fraction of sp³-hybridized carbons (Fsp3) is 0.154. The number of nitrogens with zero attached hydrogens (tertiary/aromatic N) is 5. The second kappa shape index (κ2) is 8.90. The van der Waals surface area contributed by atoms with Gasteiger partial charge in [0, 0.05) is 48.1 Å². The minimum absolute atomic E-state index is 0.493. The molecular formula is C26H23FN6O. The lowest BCUT2D eigenvalue weighted by Crippen LogP contribution is -2.11. The Bertz CT molecular complexity index is 1530. The molecule has 7 nitrogen and oxygen atoms in total. The van der Waals surface area contributed by atoms with Gasteiger partial charge in [-0.3, -0.25) is 14.9 Å². The smallest absolute Gasteiger partial charge is 0.213 e. The topological polar surface area (TPSA) is 79.2 Å². The summed E-state index contributed by atoms with van der Waals surface area (Å²) in [5, 5.41) is 15.5. The summed E-state index contributed by atoms with van der Waals surface area (Å²) in [6, 6.07) is 16.8. The van der Waals surface area contributed by atoms with Crippen LogP contribution in [0.2, 0.25) is 0 Å². The van der Waals surface area contributed by atoms with Gasteiger partial charge in [-0.25, -0.2) is 4.98 Å². The summed E-state index contributed by atoms with van der Waals surface area (Å²) in [6.07, 6.45) is 4.89. The van der Waals surface area contributed by atoms with E-state index in [0.717, 1.165) is 44.8 Å². The first-order valence-corrected chi connectivity index (χ1v) is 10.9. The van der Waals surface area contributed by atoms with Crippen molar-refractivity contribution in [3.8, 4) is 0 Å². The Morgan fingerprint density at radius 1 is 1.15 bits per heavy atom. The molecule has 0 unspecified atom stereocenters. The van der Waals surface area contributed by atoms with Gasteiger partial charge in [0.1, 0.15) is 0 Å². The molecule has 0 aliphatic carbocycles. The zero-order valence-electron chi connectivity index (χ0n) is 18.9. The molecule has 3 heterocycles. The molecule has 0 bridgehead atoms. The zero-order valence-corrected chi connectivity index (χ0v) is 18.9. The van der Waals surface area contributed by atoms with Crippen LogP contribution in [-0.4, -0.2) is 44.3 Å². The van der Waals surface area contributed by atoms with Crippen LogP contribution in [0, 0.1) is 5.95 Å². The maximum absolute atomic E-state index is 13.5. The van der Waals surface area contributed by atoms with E-state index >= 15 is 0 Å². The van der Waals surface area contributed by atoms with E-state index in [9.17, 15) is 9.18 Å². The van der Waals surface area contributed by atoms with Crippen LogP contribution in [-0.2, 0) is 20.0 Å². The van der Waals surface area contributed by atoms with Crippen LogP contribution >= 0.6 is 0 Å². The van der Waals surface area contributed by atoms with E-state index in [2.05, 4.69) is 20.3 Å². The van der Waals surface area contributed by atoms with Gasteiger partial charge in [-0.15, -0.1) is 0 Å². The molecule has 1 N–H and O–H groups in total. The van der Waals surface area contributed by atoms with Gasteiger partial charge in [0.2, 0.25) is 5.95 Å². The molecule has 0 aliphatic rings. The van der Waals surface area contributed by atoms with Gasteiger partial charge in [0.15, 0.2) is 6.29 Å². The number of hydrogen-bond donors (Lipinski definition) is 1. The predicted octanol–water partition coefficient (Wildman–Crippen LogP) is 4.46. The number of hydrogen-bond acceptors (Lipinski definition) is 5. The van der Waals surface area contributed by atoms with Gasteiger partial charge in [-0.1, -0.05) is 30.3 Å². The lowest BCUT2D eigenvalue weighted by atomic mass is 10.1. The van der Waals surface area contributed by atoms with Crippen LogP contribution in [0.25, 0.3) is 21.8 Å². The van der Waals surface area contributed by atoms with Gasteiger partial charge in [-0.05, 0) is 35.4 Å². The number of hydrazone groups is 1. The van der Waals surface area contributed by atoms with Crippen molar-refractivity contribution in [3.05, 3.63) is 94.8 Å². The molecule has 0 fully saturated rings.